The van der Waals surface area contributed by atoms with Crippen LogP contribution in [-0.4, -0.2) is 12.1 Å². The minimum Gasteiger partial charge on any atom is -0.353 e. The predicted molar refractivity (Wildman–Crippen MR) is 64.1 cm³/mol. The third kappa shape index (κ3) is 4.31. The molecule has 0 saturated heterocycles. The maximum absolute atomic E-state index is 11.4. The molecule has 0 aliphatic heterocycles. The number of carbonyl (C=O) groups excluding carboxylic acids is 1. The molecule has 1 amide bonds. The normalized spacial score (nSPS) is 10.2. The second-order valence-electron chi connectivity index (χ2n) is 3.51. The standard InChI is InChI=1S/C12H18N2O2/c1-3-10(4-2)14-16-12(15)13-11-8-6-5-7-9-11/h5-10,14H,3-4H2,1-2H3,(H,13,15). The largest absolute Gasteiger partial charge is 0.430 e. The Labute approximate surface area is 95.9 Å². The molecule has 0 fully saturated rings. The number of nitrogens with one attached hydrogen (secondary N) is 2. The van der Waals surface area contributed by atoms with E-state index in [4.69, 9.17) is 4.84 Å². The van der Waals surface area contributed by atoms with E-state index in [1.807, 2.05) is 32.0 Å². The first kappa shape index (κ1) is 12.5. The van der Waals surface area contributed by atoms with Gasteiger partial charge < -0.3 is 4.84 Å². The molecule has 0 heterocycles. The Kier molecular flexibility index (Phi) is 5.36. The van der Waals surface area contributed by atoms with Crippen molar-refractivity contribution < 1.29 is 9.63 Å². The van der Waals surface area contributed by atoms with Gasteiger partial charge in [0.15, 0.2) is 0 Å². The zero-order chi connectivity index (χ0) is 11.8. The molecule has 0 aliphatic carbocycles. The lowest BCUT2D eigenvalue weighted by Gasteiger charge is -2.14. The van der Waals surface area contributed by atoms with Gasteiger partial charge in [0.2, 0.25) is 0 Å². The maximum atomic E-state index is 11.4. The lowest BCUT2D eigenvalue weighted by atomic mass is 10.2. The molecule has 88 valence electrons. The fourth-order valence-corrected chi connectivity index (χ4v) is 1.26. The highest BCUT2D eigenvalue weighted by Crippen LogP contribution is 2.05. The summed E-state index contributed by atoms with van der Waals surface area (Å²) in [7, 11) is 0. The van der Waals surface area contributed by atoms with Crippen LogP contribution in [0.2, 0.25) is 0 Å². The van der Waals surface area contributed by atoms with Gasteiger partial charge in [0.05, 0.1) is 0 Å². The first-order valence-corrected chi connectivity index (χ1v) is 5.54. The van der Waals surface area contributed by atoms with Crippen LogP contribution < -0.4 is 10.8 Å². The lowest BCUT2D eigenvalue weighted by molar-refractivity contribution is 0.0777. The van der Waals surface area contributed by atoms with Crippen LogP contribution in [0.3, 0.4) is 0 Å². The highest BCUT2D eigenvalue weighted by Gasteiger charge is 2.07. The van der Waals surface area contributed by atoms with Crippen LogP contribution in [0, 0.1) is 0 Å². The fourth-order valence-electron chi connectivity index (χ4n) is 1.26. The van der Waals surface area contributed by atoms with Crippen molar-refractivity contribution in [3.8, 4) is 0 Å². The number of carbonyl (C=O) groups is 1. The molecule has 2 N–H and O–H groups in total. The quantitative estimate of drug-likeness (QED) is 0.753. The third-order valence-corrected chi connectivity index (χ3v) is 2.32. The molecule has 0 aliphatic rings. The summed E-state index contributed by atoms with van der Waals surface area (Å²) in [6, 6.07) is 9.41. The zero-order valence-corrected chi connectivity index (χ0v) is 9.69. The van der Waals surface area contributed by atoms with Crippen molar-refractivity contribution in [3.05, 3.63) is 30.3 Å². The summed E-state index contributed by atoms with van der Waals surface area (Å²) in [5, 5.41) is 2.62. The Bertz CT molecular complexity index is 310. The third-order valence-electron chi connectivity index (χ3n) is 2.32. The summed E-state index contributed by atoms with van der Waals surface area (Å²) in [4.78, 5) is 16.2. The monoisotopic (exact) mass is 222 g/mol. The molecule has 1 aromatic carbocycles. The molecule has 1 rings (SSSR count). The van der Waals surface area contributed by atoms with Gasteiger partial charge in [-0.3, -0.25) is 5.32 Å². The molecular formula is C12H18N2O2. The van der Waals surface area contributed by atoms with Crippen LogP contribution in [0.5, 0.6) is 0 Å². The summed E-state index contributed by atoms with van der Waals surface area (Å²) in [6.45, 7) is 4.08. The SMILES string of the molecule is CCC(CC)NOC(=O)Nc1ccccc1. The van der Waals surface area contributed by atoms with Crippen LogP contribution in [-0.2, 0) is 4.84 Å². The van der Waals surface area contributed by atoms with Crippen molar-refractivity contribution in [3.63, 3.8) is 0 Å². The molecule has 0 saturated carbocycles. The van der Waals surface area contributed by atoms with Crippen molar-refractivity contribution in [2.45, 2.75) is 32.7 Å². The van der Waals surface area contributed by atoms with Crippen molar-refractivity contribution >= 4 is 11.8 Å². The number of benzene rings is 1. The summed E-state index contributed by atoms with van der Waals surface area (Å²) in [5.41, 5.74) is 3.45. The van der Waals surface area contributed by atoms with E-state index in [2.05, 4.69) is 10.8 Å². The molecule has 16 heavy (non-hydrogen) atoms. The number of amides is 1. The van der Waals surface area contributed by atoms with Gasteiger partial charge in [0, 0.05) is 11.7 Å². The van der Waals surface area contributed by atoms with Crippen LogP contribution in [0.4, 0.5) is 10.5 Å². The molecule has 0 atom stereocenters. The molecule has 0 radical (unpaired) electrons. The van der Waals surface area contributed by atoms with E-state index in [1.54, 1.807) is 12.1 Å². The number of rotatable bonds is 5. The Hall–Kier alpha value is -1.55. The first-order valence-electron chi connectivity index (χ1n) is 5.54. The Balaban J connectivity index is 2.31. The Morgan fingerprint density at radius 1 is 1.25 bits per heavy atom. The smallest absolute Gasteiger partial charge is 0.353 e. The topological polar surface area (TPSA) is 50.4 Å². The summed E-state index contributed by atoms with van der Waals surface area (Å²) >= 11 is 0. The summed E-state index contributed by atoms with van der Waals surface area (Å²) in [5.74, 6) is 0. The second-order valence-corrected chi connectivity index (χ2v) is 3.51. The van der Waals surface area contributed by atoms with Gasteiger partial charge in [-0.15, -0.1) is 5.48 Å². The molecular weight excluding hydrogens is 204 g/mol. The molecule has 0 unspecified atom stereocenters. The van der Waals surface area contributed by atoms with E-state index in [0.29, 0.717) is 0 Å². The highest BCUT2D eigenvalue weighted by atomic mass is 16.7. The number of hydroxylamine groups is 1. The van der Waals surface area contributed by atoms with Gasteiger partial charge >= 0.3 is 6.09 Å². The predicted octanol–water partition coefficient (Wildman–Crippen LogP) is 2.93. The van der Waals surface area contributed by atoms with Crippen LogP contribution in [0.1, 0.15) is 26.7 Å². The Morgan fingerprint density at radius 2 is 1.88 bits per heavy atom. The number of hydrogen-bond acceptors (Lipinski definition) is 3. The van der Waals surface area contributed by atoms with Gasteiger partial charge in [-0.25, -0.2) is 4.79 Å². The van der Waals surface area contributed by atoms with E-state index >= 15 is 0 Å². The van der Waals surface area contributed by atoms with Gasteiger partial charge in [0.1, 0.15) is 0 Å². The van der Waals surface area contributed by atoms with E-state index < -0.39 is 6.09 Å². The van der Waals surface area contributed by atoms with Crippen LogP contribution >= 0.6 is 0 Å². The van der Waals surface area contributed by atoms with Crippen molar-refractivity contribution in [2.24, 2.45) is 0 Å². The van der Waals surface area contributed by atoms with Crippen LogP contribution in [0.15, 0.2) is 30.3 Å². The maximum Gasteiger partial charge on any atom is 0.430 e. The fraction of sp³-hybridized carbons (Fsp3) is 0.417. The number of para-hydroxylation sites is 1. The van der Waals surface area contributed by atoms with Gasteiger partial charge in [-0.2, -0.15) is 0 Å². The lowest BCUT2D eigenvalue weighted by Crippen LogP contribution is -2.32. The van der Waals surface area contributed by atoms with Gasteiger partial charge in [0.25, 0.3) is 0 Å². The number of anilines is 1. The van der Waals surface area contributed by atoms with E-state index in [1.165, 1.54) is 0 Å². The number of hydrogen-bond donors (Lipinski definition) is 2. The minimum atomic E-state index is -0.488. The molecule has 1 aromatic rings. The van der Waals surface area contributed by atoms with E-state index in [9.17, 15) is 4.79 Å². The summed E-state index contributed by atoms with van der Waals surface area (Å²) < 4.78 is 0. The molecule has 0 spiro atoms. The van der Waals surface area contributed by atoms with E-state index in [-0.39, 0.29) is 6.04 Å². The highest BCUT2D eigenvalue weighted by molar-refractivity contribution is 5.84. The second kappa shape index (κ2) is 6.85. The first-order chi connectivity index (χ1) is 7.76. The summed E-state index contributed by atoms with van der Waals surface area (Å²) in [6.07, 6.45) is 1.36. The van der Waals surface area contributed by atoms with Crippen molar-refractivity contribution in [2.75, 3.05) is 5.32 Å². The molecule has 4 nitrogen and oxygen atoms in total. The van der Waals surface area contributed by atoms with Gasteiger partial charge in [-0.05, 0) is 25.0 Å². The molecule has 0 aromatic heterocycles. The molecule has 0 bridgehead atoms. The minimum absolute atomic E-state index is 0.210. The zero-order valence-electron chi connectivity index (χ0n) is 9.69. The Morgan fingerprint density at radius 3 is 2.44 bits per heavy atom. The average molecular weight is 222 g/mol. The van der Waals surface area contributed by atoms with Gasteiger partial charge in [-0.1, -0.05) is 32.0 Å². The van der Waals surface area contributed by atoms with Crippen molar-refractivity contribution in [1.29, 1.82) is 0 Å². The average Bonchev–Trinajstić information content (AvgIpc) is 2.31. The van der Waals surface area contributed by atoms with Crippen molar-refractivity contribution in [1.82, 2.24) is 5.48 Å². The van der Waals surface area contributed by atoms with Crippen LogP contribution in [0.25, 0.3) is 0 Å². The molecule has 4 heteroatoms. The van der Waals surface area contributed by atoms with E-state index in [0.717, 1.165) is 18.5 Å².